The van der Waals surface area contributed by atoms with Crippen LogP contribution in [-0.2, 0) is 0 Å². The Morgan fingerprint density at radius 1 is 1.00 bits per heavy atom. The molecule has 0 aliphatic carbocycles. The lowest BCUT2D eigenvalue weighted by atomic mass is 10.1. The van der Waals surface area contributed by atoms with Gasteiger partial charge >= 0.3 is 5.97 Å². The van der Waals surface area contributed by atoms with Crippen molar-refractivity contribution in [2.75, 3.05) is 0 Å². The second-order valence-corrected chi connectivity index (χ2v) is 5.04. The van der Waals surface area contributed by atoms with Crippen LogP contribution in [0, 0.1) is 0 Å². The maximum atomic E-state index is 10.9. The molecule has 0 radical (unpaired) electrons. The smallest absolute Gasteiger partial charge is 0.335 e. The van der Waals surface area contributed by atoms with Crippen molar-refractivity contribution in [3.63, 3.8) is 0 Å². The number of nitrogens with zero attached hydrogens (tertiary/aromatic N) is 2. The molecule has 3 aromatic rings. The fourth-order valence-electron chi connectivity index (χ4n) is 2.08. The van der Waals surface area contributed by atoms with E-state index in [4.69, 9.17) is 16.7 Å². The number of rotatable bonds is 3. The maximum absolute atomic E-state index is 10.9. The number of carboxylic acid groups (broad SMARTS) is 1. The fraction of sp³-hybridized carbons (Fsp3) is 0. The first-order valence-corrected chi connectivity index (χ1v) is 6.94. The van der Waals surface area contributed by atoms with Crippen molar-refractivity contribution in [1.29, 1.82) is 0 Å². The second kappa shape index (κ2) is 5.95. The minimum Gasteiger partial charge on any atom is -0.478 e. The maximum Gasteiger partial charge on any atom is 0.335 e. The Morgan fingerprint density at radius 2 is 1.73 bits per heavy atom. The predicted octanol–water partition coefficient (Wildman–Crippen LogP) is 4.16. The highest BCUT2D eigenvalue weighted by molar-refractivity contribution is 6.33. The van der Waals surface area contributed by atoms with E-state index in [1.54, 1.807) is 42.6 Å². The Morgan fingerprint density at radius 3 is 2.41 bits per heavy atom. The Balaban J connectivity index is 2.01. The Labute approximate surface area is 132 Å². The molecule has 0 saturated heterocycles. The number of aromatic nitrogens is 2. The van der Waals surface area contributed by atoms with Crippen LogP contribution in [0.15, 0.2) is 60.8 Å². The summed E-state index contributed by atoms with van der Waals surface area (Å²) in [5.74, 6) is -0.420. The number of carbonyl (C=O) groups is 1. The molecule has 4 nitrogen and oxygen atoms in total. The molecule has 3 rings (SSSR count). The zero-order valence-electron chi connectivity index (χ0n) is 11.4. The largest absolute Gasteiger partial charge is 0.478 e. The molecule has 1 N–H and O–H groups in total. The molecule has 0 atom stereocenters. The summed E-state index contributed by atoms with van der Waals surface area (Å²) in [5.41, 5.74) is 2.53. The number of hydrogen-bond donors (Lipinski definition) is 1. The summed E-state index contributed by atoms with van der Waals surface area (Å²) in [7, 11) is 0. The van der Waals surface area contributed by atoms with Gasteiger partial charge in [0.1, 0.15) is 0 Å². The number of carboxylic acids is 1. The molecule has 0 amide bonds. The van der Waals surface area contributed by atoms with E-state index in [9.17, 15) is 4.79 Å². The Bertz CT molecular complexity index is 832. The van der Waals surface area contributed by atoms with Gasteiger partial charge in [0.15, 0.2) is 5.82 Å². The lowest BCUT2D eigenvalue weighted by Crippen LogP contribution is -1.96. The summed E-state index contributed by atoms with van der Waals surface area (Å²) < 4.78 is 0. The number of halogens is 1. The molecule has 0 saturated carbocycles. The normalized spacial score (nSPS) is 10.4. The number of aromatic carboxylic acids is 1. The van der Waals surface area contributed by atoms with Crippen molar-refractivity contribution in [2.45, 2.75) is 0 Å². The van der Waals surface area contributed by atoms with Crippen molar-refractivity contribution in [1.82, 2.24) is 9.97 Å². The van der Waals surface area contributed by atoms with Crippen LogP contribution in [0.5, 0.6) is 0 Å². The number of benzene rings is 2. The highest BCUT2D eigenvalue weighted by Crippen LogP contribution is 2.26. The summed E-state index contributed by atoms with van der Waals surface area (Å²) in [4.78, 5) is 19.6. The summed E-state index contributed by atoms with van der Waals surface area (Å²) in [6.45, 7) is 0. The van der Waals surface area contributed by atoms with E-state index in [1.165, 1.54) is 0 Å². The summed E-state index contributed by atoms with van der Waals surface area (Å²) in [5, 5.41) is 9.51. The van der Waals surface area contributed by atoms with Crippen LogP contribution in [0.3, 0.4) is 0 Å². The molecule has 108 valence electrons. The zero-order valence-corrected chi connectivity index (χ0v) is 12.2. The predicted molar refractivity (Wildman–Crippen MR) is 84.9 cm³/mol. The molecule has 2 aromatic carbocycles. The topological polar surface area (TPSA) is 63.1 Å². The molecule has 0 aliphatic heterocycles. The van der Waals surface area contributed by atoms with Gasteiger partial charge in [-0.05, 0) is 30.3 Å². The van der Waals surface area contributed by atoms with Gasteiger partial charge in [-0.25, -0.2) is 14.8 Å². The summed E-state index contributed by atoms with van der Waals surface area (Å²) in [6, 6.07) is 15.7. The van der Waals surface area contributed by atoms with Crippen LogP contribution in [0.4, 0.5) is 0 Å². The van der Waals surface area contributed by atoms with Gasteiger partial charge in [-0.15, -0.1) is 0 Å². The van der Waals surface area contributed by atoms with Crippen LogP contribution < -0.4 is 0 Å². The zero-order chi connectivity index (χ0) is 15.5. The van der Waals surface area contributed by atoms with E-state index in [-0.39, 0.29) is 5.56 Å². The van der Waals surface area contributed by atoms with E-state index in [1.807, 2.05) is 18.2 Å². The van der Waals surface area contributed by atoms with Gasteiger partial charge in [0.25, 0.3) is 0 Å². The average Bonchev–Trinajstić information content (AvgIpc) is 2.55. The van der Waals surface area contributed by atoms with E-state index >= 15 is 0 Å². The van der Waals surface area contributed by atoms with Crippen molar-refractivity contribution in [2.24, 2.45) is 0 Å². The first-order chi connectivity index (χ1) is 10.6. The average molecular weight is 311 g/mol. The molecule has 5 heteroatoms. The van der Waals surface area contributed by atoms with Gasteiger partial charge < -0.3 is 5.11 Å². The Kier molecular flexibility index (Phi) is 3.85. The first-order valence-electron chi connectivity index (χ1n) is 6.57. The molecule has 1 heterocycles. The molecular weight excluding hydrogens is 300 g/mol. The first kappa shape index (κ1) is 14.2. The van der Waals surface area contributed by atoms with Crippen molar-refractivity contribution < 1.29 is 9.90 Å². The lowest BCUT2D eigenvalue weighted by Gasteiger charge is -2.06. The third-order valence-corrected chi connectivity index (χ3v) is 3.53. The van der Waals surface area contributed by atoms with E-state index in [0.29, 0.717) is 16.5 Å². The standard InChI is InChI=1S/C17H11ClN2O2/c18-14-4-2-1-3-13(14)16-19-10-9-15(20-16)11-5-7-12(8-6-11)17(21)22/h1-10H,(H,21,22). The van der Waals surface area contributed by atoms with E-state index in [2.05, 4.69) is 9.97 Å². The van der Waals surface area contributed by atoms with Crippen LogP contribution >= 0.6 is 11.6 Å². The van der Waals surface area contributed by atoms with E-state index in [0.717, 1.165) is 11.1 Å². The third-order valence-electron chi connectivity index (χ3n) is 3.20. The van der Waals surface area contributed by atoms with E-state index < -0.39 is 5.97 Å². The highest BCUT2D eigenvalue weighted by atomic mass is 35.5. The van der Waals surface area contributed by atoms with Crippen molar-refractivity contribution >= 4 is 17.6 Å². The molecule has 0 bridgehead atoms. The summed E-state index contributed by atoms with van der Waals surface area (Å²) >= 11 is 6.17. The number of hydrogen-bond acceptors (Lipinski definition) is 3. The quantitative estimate of drug-likeness (QED) is 0.789. The molecule has 1 aromatic heterocycles. The second-order valence-electron chi connectivity index (χ2n) is 4.63. The van der Waals surface area contributed by atoms with Gasteiger partial charge in [0, 0.05) is 17.3 Å². The van der Waals surface area contributed by atoms with Crippen LogP contribution in [0.25, 0.3) is 22.6 Å². The third kappa shape index (κ3) is 2.82. The minimum atomic E-state index is -0.953. The van der Waals surface area contributed by atoms with Gasteiger partial charge in [-0.2, -0.15) is 0 Å². The molecule has 0 fully saturated rings. The van der Waals surface area contributed by atoms with Gasteiger partial charge in [-0.3, -0.25) is 0 Å². The SMILES string of the molecule is O=C(O)c1ccc(-c2ccnc(-c3ccccc3Cl)n2)cc1. The summed E-state index contributed by atoms with van der Waals surface area (Å²) in [6.07, 6.45) is 1.66. The fourth-order valence-corrected chi connectivity index (χ4v) is 2.30. The minimum absolute atomic E-state index is 0.240. The Hall–Kier alpha value is -2.72. The van der Waals surface area contributed by atoms with Crippen LogP contribution in [0.1, 0.15) is 10.4 Å². The molecule has 0 unspecified atom stereocenters. The van der Waals surface area contributed by atoms with Crippen LogP contribution in [0.2, 0.25) is 5.02 Å². The molecule has 0 spiro atoms. The van der Waals surface area contributed by atoms with Crippen LogP contribution in [-0.4, -0.2) is 21.0 Å². The highest BCUT2D eigenvalue weighted by Gasteiger charge is 2.08. The van der Waals surface area contributed by atoms with Crippen molar-refractivity contribution in [3.05, 3.63) is 71.4 Å². The monoisotopic (exact) mass is 310 g/mol. The molecule has 22 heavy (non-hydrogen) atoms. The lowest BCUT2D eigenvalue weighted by molar-refractivity contribution is 0.0697. The molecular formula is C17H11ClN2O2. The van der Waals surface area contributed by atoms with Gasteiger partial charge in [0.05, 0.1) is 16.3 Å². The van der Waals surface area contributed by atoms with Gasteiger partial charge in [0.2, 0.25) is 0 Å². The van der Waals surface area contributed by atoms with Gasteiger partial charge in [-0.1, -0.05) is 35.9 Å². The molecule has 0 aliphatic rings. The van der Waals surface area contributed by atoms with Crippen molar-refractivity contribution in [3.8, 4) is 22.6 Å².